The van der Waals surface area contributed by atoms with Crippen molar-refractivity contribution in [3.8, 4) is 0 Å². The number of hydrogen-bond acceptors (Lipinski definition) is 3. The van der Waals surface area contributed by atoms with Crippen molar-refractivity contribution < 1.29 is 9.47 Å². The van der Waals surface area contributed by atoms with Gasteiger partial charge in [0.2, 0.25) is 0 Å². The molecule has 1 aromatic rings. The van der Waals surface area contributed by atoms with Gasteiger partial charge in [0.25, 0.3) is 0 Å². The van der Waals surface area contributed by atoms with Gasteiger partial charge in [-0.3, -0.25) is 0 Å². The van der Waals surface area contributed by atoms with E-state index in [1.165, 1.54) is 12.8 Å². The standard InChI is InChI=1S/C14H19NO2/c1-10-13(11-6-2-3-7-12(11)15)17-14(16-10)8-4-5-9-14/h2-3,6-7,10,13H,4-5,8-9,15H2,1H3/t10-,13+/m1/s1. The van der Waals surface area contributed by atoms with E-state index in [1.807, 2.05) is 24.3 Å². The van der Waals surface area contributed by atoms with Gasteiger partial charge in [0, 0.05) is 24.1 Å². The first-order valence-electron chi connectivity index (χ1n) is 6.40. The van der Waals surface area contributed by atoms with Gasteiger partial charge < -0.3 is 15.2 Å². The average molecular weight is 233 g/mol. The largest absolute Gasteiger partial charge is 0.398 e. The van der Waals surface area contributed by atoms with Crippen molar-refractivity contribution in [2.24, 2.45) is 0 Å². The van der Waals surface area contributed by atoms with Crippen molar-refractivity contribution in [3.63, 3.8) is 0 Å². The fourth-order valence-electron chi connectivity index (χ4n) is 2.99. The van der Waals surface area contributed by atoms with Crippen LogP contribution in [-0.4, -0.2) is 11.9 Å². The molecule has 1 aliphatic carbocycles. The first-order valence-corrected chi connectivity index (χ1v) is 6.40. The minimum atomic E-state index is -0.327. The summed E-state index contributed by atoms with van der Waals surface area (Å²) < 4.78 is 12.2. The van der Waals surface area contributed by atoms with Crippen LogP contribution in [0, 0.1) is 0 Å². The van der Waals surface area contributed by atoms with Gasteiger partial charge in [-0.2, -0.15) is 0 Å². The molecule has 2 atom stereocenters. The summed E-state index contributed by atoms with van der Waals surface area (Å²) >= 11 is 0. The molecule has 2 N–H and O–H groups in total. The molecule has 0 unspecified atom stereocenters. The molecule has 1 aliphatic heterocycles. The highest BCUT2D eigenvalue weighted by Gasteiger charge is 2.48. The van der Waals surface area contributed by atoms with E-state index in [0.717, 1.165) is 24.1 Å². The summed E-state index contributed by atoms with van der Waals surface area (Å²) in [4.78, 5) is 0. The second-order valence-corrected chi connectivity index (χ2v) is 5.11. The van der Waals surface area contributed by atoms with E-state index >= 15 is 0 Å². The molecular formula is C14H19NO2. The highest BCUT2D eigenvalue weighted by molar-refractivity contribution is 5.48. The van der Waals surface area contributed by atoms with Crippen LogP contribution in [0.4, 0.5) is 5.69 Å². The number of nitrogen functional groups attached to an aromatic ring is 1. The van der Waals surface area contributed by atoms with Crippen LogP contribution in [0.1, 0.15) is 44.3 Å². The van der Waals surface area contributed by atoms with Crippen molar-refractivity contribution in [2.75, 3.05) is 5.73 Å². The molecule has 92 valence electrons. The molecule has 3 nitrogen and oxygen atoms in total. The van der Waals surface area contributed by atoms with Crippen molar-refractivity contribution >= 4 is 5.69 Å². The number of anilines is 1. The number of para-hydroxylation sites is 1. The zero-order valence-corrected chi connectivity index (χ0v) is 10.2. The average Bonchev–Trinajstić information content (AvgIpc) is 2.88. The minimum absolute atomic E-state index is 0.0192. The summed E-state index contributed by atoms with van der Waals surface area (Å²) in [5.41, 5.74) is 7.87. The molecule has 1 heterocycles. The molecule has 1 spiro atoms. The molecule has 0 amide bonds. The summed E-state index contributed by atoms with van der Waals surface area (Å²) in [7, 11) is 0. The number of rotatable bonds is 1. The smallest absolute Gasteiger partial charge is 0.169 e. The molecule has 1 saturated carbocycles. The lowest BCUT2D eigenvalue weighted by atomic mass is 10.0. The van der Waals surface area contributed by atoms with E-state index in [-0.39, 0.29) is 18.0 Å². The van der Waals surface area contributed by atoms with E-state index in [1.54, 1.807) is 0 Å². The first kappa shape index (κ1) is 11.1. The van der Waals surface area contributed by atoms with Gasteiger partial charge >= 0.3 is 0 Å². The van der Waals surface area contributed by atoms with Crippen LogP contribution < -0.4 is 5.73 Å². The third kappa shape index (κ3) is 1.83. The first-order chi connectivity index (χ1) is 8.20. The van der Waals surface area contributed by atoms with Crippen LogP contribution in [0.2, 0.25) is 0 Å². The van der Waals surface area contributed by atoms with Crippen LogP contribution in [-0.2, 0) is 9.47 Å². The lowest BCUT2D eigenvalue weighted by molar-refractivity contribution is -0.168. The Morgan fingerprint density at radius 2 is 1.88 bits per heavy atom. The second kappa shape index (κ2) is 4.00. The lowest BCUT2D eigenvalue weighted by Gasteiger charge is -2.22. The van der Waals surface area contributed by atoms with E-state index in [0.29, 0.717) is 0 Å². The van der Waals surface area contributed by atoms with Gasteiger partial charge in [-0.1, -0.05) is 18.2 Å². The molecule has 0 bridgehead atoms. The number of nitrogens with two attached hydrogens (primary N) is 1. The normalized spacial score (nSPS) is 31.1. The Morgan fingerprint density at radius 3 is 2.59 bits per heavy atom. The Hall–Kier alpha value is -1.06. The second-order valence-electron chi connectivity index (χ2n) is 5.11. The zero-order chi connectivity index (χ0) is 11.9. The highest BCUT2D eigenvalue weighted by atomic mass is 16.8. The summed E-state index contributed by atoms with van der Waals surface area (Å²) in [5, 5.41) is 0. The Balaban J connectivity index is 1.87. The van der Waals surface area contributed by atoms with Crippen LogP contribution in [0.25, 0.3) is 0 Å². The molecule has 0 radical (unpaired) electrons. The summed E-state index contributed by atoms with van der Waals surface area (Å²) in [6, 6.07) is 7.91. The van der Waals surface area contributed by atoms with Crippen LogP contribution in [0.5, 0.6) is 0 Å². The van der Waals surface area contributed by atoms with Gasteiger partial charge in [0.15, 0.2) is 5.79 Å². The Morgan fingerprint density at radius 1 is 1.18 bits per heavy atom. The van der Waals surface area contributed by atoms with Crippen LogP contribution in [0.3, 0.4) is 0 Å². The fourth-order valence-corrected chi connectivity index (χ4v) is 2.99. The van der Waals surface area contributed by atoms with Gasteiger partial charge in [0.1, 0.15) is 6.10 Å². The molecule has 1 saturated heterocycles. The maximum absolute atomic E-state index is 6.19. The number of benzene rings is 1. The highest BCUT2D eigenvalue weighted by Crippen LogP contribution is 2.47. The SMILES string of the molecule is C[C@H]1OC2(CCCC2)O[C@@H]1c1ccccc1N. The zero-order valence-electron chi connectivity index (χ0n) is 10.2. The van der Waals surface area contributed by atoms with Gasteiger partial charge in [-0.25, -0.2) is 0 Å². The molecule has 2 fully saturated rings. The van der Waals surface area contributed by atoms with Gasteiger partial charge in [-0.15, -0.1) is 0 Å². The quantitative estimate of drug-likeness (QED) is 0.758. The third-order valence-electron chi connectivity index (χ3n) is 3.84. The van der Waals surface area contributed by atoms with E-state index < -0.39 is 0 Å². The Labute approximate surface area is 102 Å². The summed E-state index contributed by atoms with van der Waals surface area (Å²) in [5.74, 6) is -0.327. The number of ether oxygens (including phenoxy) is 2. The van der Waals surface area contributed by atoms with Crippen LogP contribution in [0.15, 0.2) is 24.3 Å². The number of hydrogen-bond donors (Lipinski definition) is 1. The molecule has 3 rings (SSSR count). The fraction of sp³-hybridized carbons (Fsp3) is 0.571. The molecule has 0 aromatic heterocycles. The minimum Gasteiger partial charge on any atom is -0.398 e. The Kier molecular flexibility index (Phi) is 2.60. The molecule has 3 heteroatoms. The lowest BCUT2D eigenvalue weighted by Crippen LogP contribution is -2.26. The van der Waals surface area contributed by atoms with Gasteiger partial charge in [0.05, 0.1) is 6.10 Å². The maximum Gasteiger partial charge on any atom is 0.169 e. The molecular weight excluding hydrogens is 214 g/mol. The monoisotopic (exact) mass is 233 g/mol. The summed E-state index contributed by atoms with van der Waals surface area (Å²) in [6.07, 6.45) is 4.49. The maximum atomic E-state index is 6.19. The van der Waals surface area contributed by atoms with Crippen molar-refractivity contribution in [1.29, 1.82) is 0 Å². The topological polar surface area (TPSA) is 44.5 Å². The van der Waals surface area contributed by atoms with E-state index in [9.17, 15) is 0 Å². The van der Waals surface area contributed by atoms with Crippen molar-refractivity contribution in [2.45, 2.75) is 50.6 Å². The van der Waals surface area contributed by atoms with Crippen molar-refractivity contribution in [3.05, 3.63) is 29.8 Å². The molecule has 17 heavy (non-hydrogen) atoms. The van der Waals surface area contributed by atoms with E-state index in [2.05, 4.69) is 6.92 Å². The van der Waals surface area contributed by atoms with E-state index in [4.69, 9.17) is 15.2 Å². The third-order valence-corrected chi connectivity index (χ3v) is 3.84. The Bertz CT molecular complexity index is 412. The summed E-state index contributed by atoms with van der Waals surface area (Å²) in [6.45, 7) is 2.07. The van der Waals surface area contributed by atoms with Gasteiger partial charge in [-0.05, 0) is 25.8 Å². The van der Waals surface area contributed by atoms with Crippen molar-refractivity contribution in [1.82, 2.24) is 0 Å². The predicted octanol–water partition coefficient (Wildman–Crippen LogP) is 3.02. The predicted molar refractivity (Wildman–Crippen MR) is 66.4 cm³/mol. The molecule has 1 aromatic carbocycles. The molecule has 2 aliphatic rings. The van der Waals surface area contributed by atoms with Crippen LogP contribution >= 0.6 is 0 Å².